The van der Waals surface area contributed by atoms with Crippen LogP contribution in [0.3, 0.4) is 0 Å². The van der Waals surface area contributed by atoms with E-state index in [1.807, 2.05) is 20.8 Å². The molecular weight excluding hydrogens is 472 g/mol. The smallest absolute Gasteiger partial charge is 0.317 e. The Labute approximate surface area is 210 Å². The SMILES string of the molecule is CNC(=O)N1C[C@H](COc2ccc(F)c(F)c2)C2C1CCN2C(=O)C(NC(=O)[C@H](C)NC)C(C)(C)C. The number of carbonyl (C=O) groups excluding carboxylic acids is 3. The number of hydrogen-bond donors (Lipinski definition) is 3. The average molecular weight is 510 g/mol. The third kappa shape index (κ3) is 5.71. The summed E-state index contributed by atoms with van der Waals surface area (Å²) < 4.78 is 32.7. The predicted molar refractivity (Wildman–Crippen MR) is 130 cm³/mol. The lowest BCUT2D eigenvalue weighted by Gasteiger charge is -2.37. The molecule has 0 aliphatic carbocycles. The van der Waals surface area contributed by atoms with Crippen LogP contribution in [0.15, 0.2) is 18.2 Å². The Morgan fingerprint density at radius 3 is 2.42 bits per heavy atom. The largest absolute Gasteiger partial charge is 0.493 e. The number of nitrogens with one attached hydrogen (secondary N) is 3. The van der Waals surface area contributed by atoms with Gasteiger partial charge in [-0.25, -0.2) is 13.6 Å². The number of benzene rings is 1. The summed E-state index contributed by atoms with van der Waals surface area (Å²) in [5.74, 6) is -2.58. The van der Waals surface area contributed by atoms with Crippen molar-refractivity contribution in [2.24, 2.45) is 11.3 Å². The van der Waals surface area contributed by atoms with Gasteiger partial charge in [0.2, 0.25) is 11.8 Å². The fourth-order valence-corrected chi connectivity index (χ4v) is 4.97. The zero-order valence-corrected chi connectivity index (χ0v) is 21.7. The molecule has 2 aliphatic heterocycles. The van der Waals surface area contributed by atoms with Gasteiger partial charge < -0.3 is 30.5 Å². The van der Waals surface area contributed by atoms with Crippen LogP contribution in [-0.4, -0.2) is 85.6 Å². The number of carbonyl (C=O) groups is 3. The van der Waals surface area contributed by atoms with Crippen LogP contribution in [0.5, 0.6) is 5.75 Å². The van der Waals surface area contributed by atoms with Crippen LogP contribution in [0.25, 0.3) is 0 Å². The summed E-state index contributed by atoms with van der Waals surface area (Å²) >= 11 is 0. The molecule has 3 rings (SSSR count). The molecule has 2 aliphatic rings. The molecule has 2 saturated heterocycles. The van der Waals surface area contributed by atoms with Gasteiger partial charge in [-0.15, -0.1) is 0 Å². The minimum absolute atomic E-state index is 0.104. The molecule has 0 bridgehead atoms. The van der Waals surface area contributed by atoms with E-state index in [1.165, 1.54) is 6.07 Å². The summed E-state index contributed by atoms with van der Waals surface area (Å²) in [6.07, 6.45) is 0.587. The number of urea groups is 1. The molecule has 2 fully saturated rings. The van der Waals surface area contributed by atoms with Crippen LogP contribution in [-0.2, 0) is 9.59 Å². The highest BCUT2D eigenvalue weighted by molar-refractivity contribution is 5.90. The lowest BCUT2D eigenvalue weighted by molar-refractivity contribution is -0.141. The second-order valence-corrected chi connectivity index (χ2v) is 10.6. The zero-order valence-electron chi connectivity index (χ0n) is 21.7. The van der Waals surface area contributed by atoms with Gasteiger partial charge in [-0.05, 0) is 37.9 Å². The van der Waals surface area contributed by atoms with Gasteiger partial charge >= 0.3 is 6.03 Å². The maximum absolute atomic E-state index is 13.9. The van der Waals surface area contributed by atoms with Gasteiger partial charge in [-0.1, -0.05) is 20.8 Å². The lowest BCUT2D eigenvalue weighted by Crippen LogP contribution is -2.59. The van der Waals surface area contributed by atoms with Crippen molar-refractivity contribution < 1.29 is 27.9 Å². The van der Waals surface area contributed by atoms with Gasteiger partial charge in [0.25, 0.3) is 0 Å². The van der Waals surface area contributed by atoms with Gasteiger partial charge in [0.15, 0.2) is 11.6 Å². The monoisotopic (exact) mass is 509 g/mol. The average Bonchev–Trinajstić information content (AvgIpc) is 3.42. The molecule has 0 radical (unpaired) electrons. The topological polar surface area (TPSA) is 103 Å². The summed E-state index contributed by atoms with van der Waals surface area (Å²) in [4.78, 5) is 42.6. The van der Waals surface area contributed by atoms with E-state index in [2.05, 4.69) is 16.0 Å². The van der Waals surface area contributed by atoms with Gasteiger partial charge in [0.05, 0.1) is 24.7 Å². The summed E-state index contributed by atoms with van der Waals surface area (Å²) in [6.45, 7) is 8.26. The minimum Gasteiger partial charge on any atom is -0.493 e. The minimum atomic E-state index is -1.01. The molecule has 4 amide bonds. The first-order valence-electron chi connectivity index (χ1n) is 12.2. The fraction of sp³-hybridized carbons (Fsp3) is 0.640. The normalized spacial score (nSPS) is 23.2. The van der Waals surface area contributed by atoms with Crippen molar-refractivity contribution in [3.8, 4) is 5.75 Å². The zero-order chi connectivity index (χ0) is 26.8. The number of ether oxygens (including phenoxy) is 1. The molecule has 3 unspecified atom stereocenters. The van der Waals surface area contributed by atoms with Crippen LogP contribution in [0.2, 0.25) is 0 Å². The molecule has 1 aromatic carbocycles. The van der Waals surface area contributed by atoms with Crippen molar-refractivity contribution in [1.82, 2.24) is 25.8 Å². The Kier molecular flexibility index (Phi) is 8.43. The molecule has 2 heterocycles. The molecule has 3 N–H and O–H groups in total. The number of amides is 4. The van der Waals surface area contributed by atoms with Gasteiger partial charge in [0.1, 0.15) is 11.8 Å². The lowest BCUT2D eigenvalue weighted by atomic mass is 9.85. The molecule has 200 valence electrons. The number of fused-ring (bicyclic) bond motifs is 1. The van der Waals surface area contributed by atoms with E-state index in [4.69, 9.17) is 4.74 Å². The first-order valence-corrected chi connectivity index (χ1v) is 12.2. The Balaban J connectivity index is 1.85. The molecule has 36 heavy (non-hydrogen) atoms. The van der Waals surface area contributed by atoms with E-state index in [1.54, 1.807) is 30.8 Å². The van der Waals surface area contributed by atoms with E-state index in [0.29, 0.717) is 19.5 Å². The maximum Gasteiger partial charge on any atom is 0.317 e. The van der Waals surface area contributed by atoms with Crippen molar-refractivity contribution in [1.29, 1.82) is 0 Å². The Morgan fingerprint density at radius 2 is 1.83 bits per heavy atom. The molecule has 0 spiro atoms. The molecule has 0 aromatic heterocycles. The molecular formula is C25H37F2N5O4. The van der Waals surface area contributed by atoms with Crippen molar-refractivity contribution in [2.75, 3.05) is 33.8 Å². The molecule has 1 aromatic rings. The number of hydrogen-bond acceptors (Lipinski definition) is 5. The molecule has 5 atom stereocenters. The van der Waals surface area contributed by atoms with E-state index >= 15 is 0 Å². The summed E-state index contributed by atoms with van der Waals surface area (Å²) in [6, 6.07) is 1.24. The van der Waals surface area contributed by atoms with E-state index in [-0.39, 0.29) is 48.2 Å². The second-order valence-electron chi connectivity index (χ2n) is 10.6. The van der Waals surface area contributed by atoms with E-state index in [9.17, 15) is 23.2 Å². The predicted octanol–water partition coefficient (Wildman–Crippen LogP) is 1.72. The standard InChI is InChI=1S/C25H37F2N5O4/c1-14(28-5)22(33)30-21(25(2,3)4)23(34)31-10-9-19-20(31)15(12-32(19)24(35)29-6)13-36-16-7-8-17(26)18(27)11-16/h7-8,11,14-15,19-21,28H,9-10,12-13H2,1-6H3,(H,29,35)(H,30,33)/t14-,15+,19?,20?,21?/m0/s1. The Hall–Kier alpha value is -2.95. The Morgan fingerprint density at radius 1 is 1.14 bits per heavy atom. The fourth-order valence-electron chi connectivity index (χ4n) is 4.97. The third-order valence-electron chi connectivity index (χ3n) is 7.07. The second kappa shape index (κ2) is 11.0. The number of rotatable bonds is 7. The Bertz CT molecular complexity index is 986. The van der Waals surface area contributed by atoms with Gasteiger partial charge in [-0.2, -0.15) is 0 Å². The molecule has 0 saturated carbocycles. The first kappa shape index (κ1) is 27.6. The van der Waals surface area contributed by atoms with Crippen LogP contribution in [0.1, 0.15) is 34.1 Å². The highest BCUT2D eigenvalue weighted by atomic mass is 19.2. The van der Waals surface area contributed by atoms with Crippen molar-refractivity contribution in [3.05, 3.63) is 29.8 Å². The van der Waals surface area contributed by atoms with Crippen LogP contribution in [0, 0.1) is 23.0 Å². The molecule has 11 heteroatoms. The van der Waals surface area contributed by atoms with Crippen molar-refractivity contribution in [2.45, 2.75) is 58.3 Å². The molecule has 9 nitrogen and oxygen atoms in total. The number of nitrogens with zero attached hydrogens (tertiary/aromatic N) is 2. The van der Waals surface area contributed by atoms with Crippen LogP contribution in [0.4, 0.5) is 13.6 Å². The van der Waals surface area contributed by atoms with Gasteiger partial charge in [-0.3, -0.25) is 9.59 Å². The number of likely N-dealkylation sites (tertiary alicyclic amines) is 2. The van der Waals surface area contributed by atoms with Crippen LogP contribution < -0.4 is 20.7 Å². The van der Waals surface area contributed by atoms with E-state index < -0.39 is 29.1 Å². The van der Waals surface area contributed by atoms with E-state index in [0.717, 1.165) is 12.1 Å². The van der Waals surface area contributed by atoms with Crippen LogP contribution >= 0.6 is 0 Å². The summed E-state index contributed by atoms with van der Waals surface area (Å²) in [5.41, 5.74) is -0.561. The quantitative estimate of drug-likeness (QED) is 0.520. The summed E-state index contributed by atoms with van der Waals surface area (Å²) in [7, 11) is 3.22. The van der Waals surface area contributed by atoms with Crippen molar-refractivity contribution >= 4 is 17.8 Å². The summed E-state index contributed by atoms with van der Waals surface area (Å²) in [5, 5.41) is 8.43. The number of halogens is 2. The maximum atomic E-state index is 13.9. The number of likely N-dealkylation sites (N-methyl/N-ethyl adjacent to an activating group) is 1. The van der Waals surface area contributed by atoms with Gasteiger partial charge in [0, 0.05) is 32.1 Å². The highest BCUT2D eigenvalue weighted by Crippen LogP contribution is 2.37. The highest BCUT2D eigenvalue weighted by Gasteiger charge is 2.53. The van der Waals surface area contributed by atoms with Crippen molar-refractivity contribution in [3.63, 3.8) is 0 Å². The first-order chi connectivity index (χ1) is 16.9. The third-order valence-corrected chi connectivity index (χ3v) is 7.07.